The van der Waals surface area contributed by atoms with Gasteiger partial charge in [0.15, 0.2) is 5.78 Å². The van der Waals surface area contributed by atoms with Gasteiger partial charge in [0.05, 0.1) is 24.9 Å². The van der Waals surface area contributed by atoms with Crippen molar-refractivity contribution in [3.8, 4) is 23.1 Å². The Balaban J connectivity index is 2.00. The molecular formula is C23H17ClN2O6. The average Bonchev–Trinajstić information content (AvgIpc) is 2.78. The molecule has 0 saturated carbocycles. The predicted octanol–water partition coefficient (Wildman–Crippen LogP) is 3.04. The van der Waals surface area contributed by atoms with Crippen molar-refractivity contribution in [3.05, 3.63) is 85.0 Å². The highest BCUT2D eigenvalue weighted by Gasteiger charge is 2.22. The molecule has 2 N–H and O–H groups in total. The molecule has 1 aliphatic carbocycles. The third kappa shape index (κ3) is 3.50. The number of carbonyl (C=O) groups excluding carboxylic acids is 1. The Labute approximate surface area is 186 Å². The zero-order chi connectivity index (χ0) is 23.0. The van der Waals surface area contributed by atoms with E-state index < -0.39 is 17.1 Å². The molecule has 0 spiro atoms. The van der Waals surface area contributed by atoms with Crippen LogP contribution in [0.3, 0.4) is 0 Å². The summed E-state index contributed by atoms with van der Waals surface area (Å²) in [6, 6.07) is 9.94. The zero-order valence-electron chi connectivity index (χ0n) is 17.0. The number of hydrogen-bond acceptors (Lipinski definition) is 6. The van der Waals surface area contributed by atoms with Crippen molar-refractivity contribution >= 4 is 35.1 Å². The van der Waals surface area contributed by atoms with Gasteiger partial charge in [-0.15, -0.1) is 0 Å². The highest BCUT2D eigenvalue weighted by molar-refractivity contribution is 6.33. The topological polar surface area (TPSA) is 111 Å². The first-order valence-corrected chi connectivity index (χ1v) is 9.77. The summed E-state index contributed by atoms with van der Waals surface area (Å²) in [5.41, 5.74) is -0.358. The number of rotatable bonds is 4. The lowest BCUT2D eigenvalue weighted by atomic mass is 9.90. The van der Waals surface area contributed by atoms with Gasteiger partial charge in [-0.25, -0.2) is 9.36 Å². The van der Waals surface area contributed by atoms with E-state index >= 15 is 0 Å². The molecule has 162 valence electrons. The van der Waals surface area contributed by atoms with E-state index in [0.717, 1.165) is 10.1 Å². The molecule has 9 heteroatoms. The van der Waals surface area contributed by atoms with Crippen molar-refractivity contribution in [1.82, 2.24) is 9.55 Å². The molecule has 2 aromatic carbocycles. The van der Waals surface area contributed by atoms with Crippen LogP contribution in [0, 0.1) is 0 Å². The zero-order valence-corrected chi connectivity index (χ0v) is 17.8. The minimum Gasteiger partial charge on any atom is -0.495 e. The van der Waals surface area contributed by atoms with E-state index in [1.54, 1.807) is 18.2 Å². The number of nitrogens with zero attached hydrogens (tertiary/aromatic N) is 1. The number of H-pyrrole nitrogens is 1. The van der Waals surface area contributed by atoms with Crippen LogP contribution in [-0.4, -0.2) is 34.7 Å². The largest absolute Gasteiger partial charge is 0.495 e. The van der Waals surface area contributed by atoms with Gasteiger partial charge in [-0.1, -0.05) is 41.9 Å². The Morgan fingerprint density at radius 1 is 1.03 bits per heavy atom. The predicted molar refractivity (Wildman–Crippen MR) is 121 cm³/mol. The fourth-order valence-electron chi connectivity index (χ4n) is 3.48. The fourth-order valence-corrected chi connectivity index (χ4v) is 3.71. The van der Waals surface area contributed by atoms with Gasteiger partial charge >= 0.3 is 5.69 Å². The molecule has 8 nitrogen and oxygen atoms in total. The van der Waals surface area contributed by atoms with E-state index in [4.69, 9.17) is 21.1 Å². The standard InChI is InChI=1S/C23H17ClN2O6/c1-31-19-11-17(20(32-2)10-16(19)24)26-22(29)15(21(28)25-23(26)30)9-14-13-6-4-3-5-12(13)7-8-18(14)27/h3-11,29H,1-2H3,(H,25,28,30). The van der Waals surface area contributed by atoms with Gasteiger partial charge in [-0.05, 0) is 23.3 Å². The second-order valence-corrected chi connectivity index (χ2v) is 7.24. The number of aromatic amines is 1. The van der Waals surface area contributed by atoms with Crippen LogP contribution >= 0.6 is 11.6 Å². The van der Waals surface area contributed by atoms with Gasteiger partial charge in [0.25, 0.3) is 5.56 Å². The molecule has 32 heavy (non-hydrogen) atoms. The molecule has 0 saturated heterocycles. The van der Waals surface area contributed by atoms with Crippen molar-refractivity contribution in [1.29, 1.82) is 0 Å². The maximum Gasteiger partial charge on any atom is 0.335 e. The highest BCUT2D eigenvalue weighted by atomic mass is 35.5. The van der Waals surface area contributed by atoms with Crippen LogP contribution in [0.4, 0.5) is 0 Å². The van der Waals surface area contributed by atoms with Gasteiger partial charge in [-0.3, -0.25) is 14.6 Å². The number of carbonyl (C=O) groups is 1. The Morgan fingerprint density at radius 2 is 1.75 bits per heavy atom. The second kappa shape index (κ2) is 8.24. The van der Waals surface area contributed by atoms with Crippen LogP contribution < -0.4 is 20.7 Å². The molecule has 1 aromatic heterocycles. The summed E-state index contributed by atoms with van der Waals surface area (Å²) in [6.07, 6.45) is 4.31. The first-order valence-electron chi connectivity index (χ1n) is 9.39. The SMILES string of the molecule is COc1cc(-n2c(O)c(C=C3C(=O)C=Cc4ccccc43)c(=O)[nH]c2=O)c(OC)cc1Cl. The first kappa shape index (κ1) is 21.2. The smallest absolute Gasteiger partial charge is 0.335 e. The number of hydrogen-bond donors (Lipinski definition) is 2. The number of fused-ring (bicyclic) bond motifs is 1. The maximum atomic E-state index is 12.6. The second-order valence-electron chi connectivity index (χ2n) is 6.83. The highest BCUT2D eigenvalue weighted by Crippen LogP contribution is 2.36. The van der Waals surface area contributed by atoms with Crippen molar-refractivity contribution < 1.29 is 19.4 Å². The van der Waals surface area contributed by atoms with E-state index in [1.807, 2.05) is 12.1 Å². The fraction of sp³-hybridized carbons (Fsp3) is 0.0870. The van der Waals surface area contributed by atoms with E-state index in [9.17, 15) is 19.5 Å². The molecule has 3 aromatic rings. The summed E-state index contributed by atoms with van der Waals surface area (Å²) < 4.78 is 11.3. The number of ether oxygens (including phenoxy) is 2. The van der Waals surface area contributed by atoms with Crippen LogP contribution in [0.5, 0.6) is 17.4 Å². The lowest BCUT2D eigenvalue weighted by Crippen LogP contribution is -2.30. The maximum absolute atomic E-state index is 12.6. The molecule has 1 aliphatic rings. The molecule has 1 heterocycles. The first-order chi connectivity index (χ1) is 15.3. The van der Waals surface area contributed by atoms with Crippen molar-refractivity contribution in [2.75, 3.05) is 14.2 Å². The van der Waals surface area contributed by atoms with Crippen LogP contribution in [-0.2, 0) is 4.79 Å². The minimum absolute atomic E-state index is 0.0856. The molecular weight excluding hydrogens is 436 g/mol. The van der Waals surface area contributed by atoms with Gasteiger partial charge in [0, 0.05) is 17.7 Å². The lowest BCUT2D eigenvalue weighted by Gasteiger charge is -2.16. The van der Waals surface area contributed by atoms with Crippen molar-refractivity contribution in [3.63, 3.8) is 0 Å². The number of halogens is 1. The number of ketones is 1. The number of allylic oxidation sites excluding steroid dienone is 2. The lowest BCUT2D eigenvalue weighted by molar-refractivity contribution is -0.109. The molecule has 0 atom stereocenters. The monoisotopic (exact) mass is 452 g/mol. The molecule has 0 unspecified atom stereocenters. The Bertz CT molecular complexity index is 1430. The number of benzene rings is 2. The molecule has 0 radical (unpaired) electrons. The number of aromatic hydroxyl groups is 1. The van der Waals surface area contributed by atoms with Gasteiger partial charge < -0.3 is 14.6 Å². The summed E-state index contributed by atoms with van der Waals surface area (Å²) in [5, 5.41) is 11.2. The van der Waals surface area contributed by atoms with Crippen molar-refractivity contribution in [2.45, 2.75) is 0 Å². The number of aromatic nitrogens is 2. The normalized spacial score (nSPS) is 13.8. The van der Waals surface area contributed by atoms with E-state index in [0.29, 0.717) is 5.56 Å². The molecule has 0 bridgehead atoms. The van der Waals surface area contributed by atoms with E-state index in [-0.39, 0.29) is 39.1 Å². The Morgan fingerprint density at radius 3 is 2.47 bits per heavy atom. The summed E-state index contributed by atoms with van der Waals surface area (Å²) in [7, 11) is 2.75. The Hall–Kier alpha value is -4.04. The van der Waals surface area contributed by atoms with Gasteiger partial charge in [0.1, 0.15) is 17.1 Å². The third-order valence-electron chi connectivity index (χ3n) is 5.03. The quantitative estimate of drug-likeness (QED) is 0.589. The third-order valence-corrected chi connectivity index (χ3v) is 5.33. The van der Waals surface area contributed by atoms with Gasteiger partial charge in [-0.2, -0.15) is 0 Å². The molecule has 0 fully saturated rings. The average molecular weight is 453 g/mol. The van der Waals surface area contributed by atoms with E-state index in [2.05, 4.69) is 4.98 Å². The molecule has 0 amide bonds. The Kier molecular flexibility index (Phi) is 5.46. The summed E-state index contributed by atoms with van der Waals surface area (Å²) in [6.45, 7) is 0. The summed E-state index contributed by atoms with van der Waals surface area (Å²) >= 11 is 6.13. The minimum atomic E-state index is -0.910. The van der Waals surface area contributed by atoms with Crippen molar-refractivity contribution in [2.24, 2.45) is 0 Å². The van der Waals surface area contributed by atoms with Crippen LogP contribution in [0.2, 0.25) is 5.02 Å². The van der Waals surface area contributed by atoms with Crippen LogP contribution in [0.1, 0.15) is 16.7 Å². The van der Waals surface area contributed by atoms with Gasteiger partial charge in [0.2, 0.25) is 5.88 Å². The number of methoxy groups -OCH3 is 2. The molecule has 4 rings (SSSR count). The summed E-state index contributed by atoms with van der Waals surface area (Å²) in [5.74, 6) is -0.637. The summed E-state index contributed by atoms with van der Waals surface area (Å²) in [4.78, 5) is 40.0. The van der Waals surface area contributed by atoms with Crippen LogP contribution in [0.25, 0.3) is 23.4 Å². The van der Waals surface area contributed by atoms with E-state index in [1.165, 1.54) is 38.5 Å². The number of nitrogens with one attached hydrogen (secondary N) is 1. The molecule has 0 aliphatic heterocycles. The van der Waals surface area contributed by atoms with Crippen LogP contribution in [0.15, 0.2) is 52.1 Å².